The number of nitrogens with zero attached hydrogens (tertiary/aromatic N) is 5. The maximum atomic E-state index is 6.17. The van der Waals surface area contributed by atoms with Crippen LogP contribution in [0.2, 0.25) is 10.0 Å². The van der Waals surface area contributed by atoms with Gasteiger partial charge in [-0.05, 0) is 24.1 Å². The normalized spacial score (nSPS) is 16.4. The van der Waals surface area contributed by atoms with Gasteiger partial charge in [-0.25, -0.2) is 0 Å². The molecule has 0 radical (unpaired) electrons. The van der Waals surface area contributed by atoms with Crippen molar-refractivity contribution < 1.29 is 4.74 Å². The third kappa shape index (κ3) is 7.25. The molecule has 166 valence electrons. The molecule has 0 amide bonds. The van der Waals surface area contributed by atoms with Crippen molar-refractivity contribution in [3.8, 4) is 0 Å². The van der Waals surface area contributed by atoms with Crippen molar-refractivity contribution in [3.05, 3.63) is 46.0 Å². The molecule has 3 rings (SSSR count). The summed E-state index contributed by atoms with van der Waals surface area (Å²) in [6, 6.07) is 5.71. The number of guanidine groups is 1. The summed E-state index contributed by atoms with van der Waals surface area (Å²) in [7, 11) is 2.02. The Labute approximate surface area is 205 Å². The average Bonchev–Trinajstić information content (AvgIpc) is 3.38. The Morgan fingerprint density at radius 1 is 1.37 bits per heavy atom. The number of aliphatic imine (C=N–C) groups is 1. The Hall–Kier alpha value is -1.10. The molecule has 2 heterocycles. The molecule has 1 aromatic carbocycles. The lowest BCUT2D eigenvalue weighted by Gasteiger charge is -2.23. The second kappa shape index (κ2) is 12.7. The minimum absolute atomic E-state index is 0. The first kappa shape index (κ1) is 25.2. The van der Waals surface area contributed by atoms with Crippen molar-refractivity contribution in [2.24, 2.45) is 10.9 Å². The number of hydrogen-bond donors (Lipinski definition) is 1. The van der Waals surface area contributed by atoms with Gasteiger partial charge >= 0.3 is 0 Å². The molecule has 0 saturated carbocycles. The van der Waals surface area contributed by atoms with Crippen molar-refractivity contribution in [2.75, 3.05) is 33.4 Å². The molecule has 10 heteroatoms. The largest absolute Gasteiger partial charge is 0.381 e. The lowest BCUT2D eigenvalue weighted by molar-refractivity contribution is 0.187. The molecule has 30 heavy (non-hydrogen) atoms. The van der Waals surface area contributed by atoms with E-state index < -0.39 is 0 Å². The summed E-state index contributed by atoms with van der Waals surface area (Å²) >= 11 is 12.2. The maximum absolute atomic E-state index is 6.17. The Morgan fingerprint density at radius 2 is 2.20 bits per heavy atom. The second-order valence-corrected chi connectivity index (χ2v) is 8.03. The van der Waals surface area contributed by atoms with E-state index in [4.69, 9.17) is 32.9 Å². The average molecular weight is 567 g/mol. The Morgan fingerprint density at radius 3 is 2.90 bits per heavy atom. The molecule has 1 unspecified atom stereocenters. The molecule has 1 atom stereocenters. The smallest absolute Gasteiger partial charge is 0.194 e. The van der Waals surface area contributed by atoms with Crippen LogP contribution in [0.3, 0.4) is 0 Å². The fourth-order valence-electron chi connectivity index (χ4n) is 3.27. The molecule has 1 fully saturated rings. The molecule has 1 aliphatic rings. The number of benzene rings is 1. The van der Waals surface area contributed by atoms with Crippen LogP contribution in [0.15, 0.2) is 29.5 Å². The molecule has 1 N–H and O–H groups in total. The molecule has 7 nitrogen and oxygen atoms in total. The number of aryl methyl sites for hydroxylation is 1. The van der Waals surface area contributed by atoms with Crippen LogP contribution in [0.4, 0.5) is 0 Å². The van der Waals surface area contributed by atoms with Gasteiger partial charge in [0.2, 0.25) is 0 Å². The monoisotopic (exact) mass is 566 g/mol. The van der Waals surface area contributed by atoms with Crippen LogP contribution in [0.25, 0.3) is 0 Å². The van der Waals surface area contributed by atoms with E-state index in [0.29, 0.717) is 22.5 Å². The van der Waals surface area contributed by atoms with Crippen molar-refractivity contribution in [2.45, 2.75) is 32.9 Å². The summed E-state index contributed by atoms with van der Waals surface area (Å²) in [4.78, 5) is 6.95. The molecule has 0 bridgehead atoms. The lowest BCUT2D eigenvalue weighted by atomic mass is 10.1. The van der Waals surface area contributed by atoms with Crippen LogP contribution in [0.5, 0.6) is 0 Å². The number of ether oxygens (including phenoxy) is 1. The van der Waals surface area contributed by atoms with E-state index >= 15 is 0 Å². The van der Waals surface area contributed by atoms with Gasteiger partial charge in [-0.2, -0.15) is 0 Å². The quantitative estimate of drug-likeness (QED) is 0.298. The summed E-state index contributed by atoms with van der Waals surface area (Å²) in [5.74, 6) is 2.32. The van der Waals surface area contributed by atoms with E-state index in [1.54, 1.807) is 6.33 Å². The summed E-state index contributed by atoms with van der Waals surface area (Å²) < 4.78 is 7.54. The Kier molecular flexibility index (Phi) is 10.6. The summed E-state index contributed by atoms with van der Waals surface area (Å²) in [5, 5.41) is 12.7. The predicted octanol–water partition coefficient (Wildman–Crippen LogP) is 3.88. The predicted molar refractivity (Wildman–Crippen MR) is 132 cm³/mol. The number of halogens is 3. The Bertz CT molecular complexity index is 825. The van der Waals surface area contributed by atoms with E-state index in [9.17, 15) is 0 Å². The zero-order valence-electron chi connectivity index (χ0n) is 17.4. The number of hydrogen-bond acceptors (Lipinski definition) is 4. The summed E-state index contributed by atoms with van der Waals surface area (Å²) in [5.41, 5.74) is 1.08. The third-order valence-electron chi connectivity index (χ3n) is 4.94. The lowest BCUT2D eigenvalue weighted by Crippen LogP contribution is -2.40. The fraction of sp³-hybridized carbons (Fsp3) is 0.550. The minimum atomic E-state index is 0. The van der Waals surface area contributed by atoms with Crippen LogP contribution in [0.1, 0.15) is 24.7 Å². The molecule has 1 aliphatic heterocycles. The van der Waals surface area contributed by atoms with Gasteiger partial charge in [0, 0.05) is 52.2 Å². The van der Waals surface area contributed by atoms with Gasteiger partial charge in [0.05, 0.1) is 16.7 Å². The van der Waals surface area contributed by atoms with Crippen molar-refractivity contribution in [1.29, 1.82) is 0 Å². The topological polar surface area (TPSA) is 67.6 Å². The highest BCUT2D eigenvalue weighted by Gasteiger charge is 2.16. The first-order chi connectivity index (χ1) is 14.1. The van der Waals surface area contributed by atoms with Gasteiger partial charge in [-0.15, -0.1) is 34.2 Å². The number of rotatable bonds is 8. The minimum Gasteiger partial charge on any atom is -0.381 e. The zero-order chi connectivity index (χ0) is 20.6. The second-order valence-electron chi connectivity index (χ2n) is 7.22. The standard InChI is InChI=1S/C20H28Cl2N6O.HI/c1-3-19-26-25-14-28(19)8-7-23-20(24-11-16-6-9-29-13-16)27(2)12-15-4-5-17(21)18(22)10-15;/h4-5,10,14,16H,3,6-9,11-13H2,1-2H3,(H,23,24);1H. The van der Waals surface area contributed by atoms with Gasteiger partial charge in [0.1, 0.15) is 12.2 Å². The van der Waals surface area contributed by atoms with E-state index in [-0.39, 0.29) is 24.0 Å². The van der Waals surface area contributed by atoms with Crippen LogP contribution in [-0.4, -0.2) is 59.0 Å². The first-order valence-electron chi connectivity index (χ1n) is 9.94. The summed E-state index contributed by atoms with van der Waals surface area (Å²) in [6.07, 6.45) is 3.69. The van der Waals surface area contributed by atoms with Crippen LogP contribution in [0, 0.1) is 5.92 Å². The molecule has 2 aromatic rings. The molecular weight excluding hydrogens is 538 g/mol. The highest BCUT2D eigenvalue weighted by molar-refractivity contribution is 14.0. The highest BCUT2D eigenvalue weighted by atomic mass is 127. The van der Waals surface area contributed by atoms with E-state index in [0.717, 1.165) is 63.0 Å². The van der Waals surface area contributed by atoms with E-state index in [1.165, 1.54) is 0 Å². The highest BCUT2D eigenvalue weighted by Crippen LogP contribution is 2.23. The van der Waals surface area contributed by atoms with Gasteiger partial charge in [-0.1, -0.05) is 36.2 Å². The SMILES string of the molecule is CCc1nncn1CCNC(=NCC1CCOC1)N(C)Cc1ccc(Cl)c(Cl)c1.I. The van der Waals surface area contributed by atoms with E-state index in [2.05, 4.69) is 31.9 Å². The maximum Gasteiger partial charge on any atom is 0.194 e. The molecular formula is C20H29Cl2IN6O. The number of nitrogens with one attached hydrogen (secondary N) is 1. The molecule has 1 saturated heterocycles. The zero-order valence-corrected chi connectivity index (χ0v) is 21.2. The molecule has 0 spiro atoms. The van der Waals surface area contributed by atoms with Crippen LogP contribution < -0.4 is 5.32 Å². The van der Waals surface area contributed by atoms with Crippen molar-refractivity contribution in [1.82, 2.24) is 25.0 Å². The first-order valence-corrected chi connectivity index (χ1v) is 10.7. The molecule has 0 aliphatic carbocycles. The fourth-order valence-corrected chi connectivity index (χ4v) is 3.59. The Balaban J connectivity index is 0.00000320. The van der Waals surface area contributed by atoms with Crippen LogP contribution >= 0.6 is 47.2 Å². The van der Waals surface area contributed by atoms with Gasteiger partial charge in [0.15, 0.2) is 5.96 Å². The third-order valence-corrected chi connectivity index (χ3v) is 5.68. The van der Waals surface area contributed by atoms with Gasteiger partial charge in [0.25, 0.3) is 0 Å². The molecule has 1 aromatic heterocycles. The summed E-state index contributed by atoms with van der Waals surface area (Å²) in [6.45, 7) is 6.63. The number of aromatic nitrogens is 3. The van der Waals surface area contributed by atoms with Crippen LogP contribution in [-0.2, 0) is 24.2 Å². The van der Waals surface area contributed by atoms with Crippen molar-refractivity contribution in [3.63, 3.8) is 0 Å². The van der Waals surface area contributed by atoms with Crippen molar-refractivity contribution >= 4 is 53.1 Å². The van der Waals surface area contributed by atoms with E-state index in [1.807, 2.05) is 25.2 Å². The van der Waals surface area contributed by atoms with Gasteiger partial charge < -0.3 is 19.5 Å². The van der Waals surface area contributed by atoms with Gasteiger partial charge in [-0.3, -0.25) is 4.99 Å².